The van der Waals surface area contributed by atoms with Crippen LogP contribution in [0.25, 0.3) is 0 Å². The number of quaternary nitrogens is 1. The van der Waals surface area contributed by atoms with Gasteiger partial charge in [0.25, 0.3) is 0 Å². The van der Waals surface area contributed by atoms with Crippen LogP contribution in [0.5, 0.6) is 0 Å². The molecular weight excluding hydrogens is 353 g/mol. The average Bonchev–Trinajstić information content (AvgIpc) is 2.40. The molecule has 1 aromatic carbocycles. The summed E-state index contributed by atoms with van der Waals surface area (Å²) in [6.45, 7) is 3.47. The van der Waals surface area contributed by atoms with E-state index < -0.39 is 0 Å². The van der Waals surface area contributed by atoms with E-state index >= 15 is 0 Å². The van der Waals surface area contributed by atoms with Gasteiger partial charge >= 0.3 is 5.97 Å². The number of rotatable bonds is 2. The normalized spacial score (nSPS) is 32.5. The van der Waals surface area contributed by atoms with Gasteiger partial charge < -0.3 is 33.2 Å². The maximum Gasteiger partial charge on any atom is 0.338 e. The number of halogens is 1. The Balaban J connectivity index is 0.00000133. The van der Waals surface area contributed by atoms with Crippen LogP contribution in [0.4, 0.5) is 0 Å². The molecule has 0 aromatic heterocycles. The van der Waals surface area contributed by atoms with E-state index in [0.717, 1.165) is 11.0 Å². The summed E-state index contributed by atoms with van der Waals surface area (Å²) >= 11 is 0. The van der Waals surface area contributed by atoms with E-state index in [4.69, 9.17) is 4.74 Å². The summed E-state index contributed by atoms with van der Waals surface area (Å²) < 4.78 is 6.79. The molecule has 3 aliphatic rings. The monoisotopic (exact) mass is 373 g/mol. The molecule has 0 saturated carbocycles. The van der Waals surface area contributed by atoms with Crippen LogP contribution in [0.15, 0.2) is 30.3 Å². The van der Waals surface area contributed by atoms with Crippen LogP contribution in [-0.2, 0) is 4.74 Å². The van der Waals surface area contributed by atoms with Gasteiger partial charge in [0, 0.05) is 18.8 Å². The standard InChI is InChI=1S/C15H20NO2.HI/c1-16-9-7-12(8-10-16)14(11-16)18-15(17)13-5-3-2-4-6-13;/h2-6,12,14H,7-11H2,1H3;1H/q+1;/p-1/t12?,14-,16?;/m0./s1. The first-order valence-electron chi connectivity index (χ1n) is 6.76. The Labute approximate surface area is 131 Å². The van der Waals surface area contributed by atoms with Gasteiger partial charge in [-0.3, -0.25) is 0 Å². The summed E-state index contributed by atoms with van der Waals surface area (Å²) in [6, 6.07) is 9.30. The zero-order valence-electron chi connectivity index (χ0n) is 11.2. The van der Waals surface area contributed by atoms with Crippen molar-refractivity contribution < 1.29 is 38.0 Å². The van der Waals surface area contributed by atoms with Crippen molar-refractivity contribution in [2.75, 3.05) is 26.7 Å². The second-order valence-corrected chi connectivity index (χ2v) is 5.90. The molecule has 4 rings (SSSR count). The van der Waals surface area contributed by atoms with Crippen LogP contribution < -0.4 is 24.0 Å². The molecule has 3 fully saturated rings. The fourth-order valence-electron chi connectivity index (χ4n) is 3.26. The van der Waals surface area contributed by atoms with Gasteiger partial charge in [-0.25, -0.2) is 4.79 Å². The molecule has 2 bridgehead atoms. The molecule has 19 heavy (non-hydrogen) atoms. The molecule has 3 aliphatic heterocycles. The molecule has 3 heterocycles. The van der Waals surface area contributed by atoms with Gasteiger partial charge in [-0.15, -0.1) is 0 Å². The molecule has 0 radical (unpaired) electrons. The average molecular weight is 373 g/mol. The first-order valence-corrected chi connectivity index (χ1v) is 6.76. The number of fused-ring (bicyclic) bond motifs is 3. The Kier molecular flexibility index (Phi) is 4.50. The molecule has 4 heteroatoms. The molecule has 3 nitrogen and oxygen atoms in total. The number of ether oxygens (including phenoxy) is 1. The summed E-state index contributed by atoms with van der Waals surface area (Å²) in [5.41, 5.74) is 0.664. The highest BCUT2D eigenvalue weighted by Gasteiger charge is 2.45. The number of nitrogens with zero attached hydrogens (tertiary/aromatic N) is 1. The van der Waals surface area contributed by atoms with Crippen LogP contribution >= 0.6 is 0 Å². The van der Waals surface area contributed by atoms with Gasteiger partial charge in [-0.2, -0.15) is 0 Å². The van der Waals surface area contributed by atoms with Gasteiger partial charge in [0.2, 0.25) is 0 Å². The highest BCUT2D eigenvalue weighted by Crippen LogP contribution is 2.34. The molecular formula is C15H20INO2. The fraction of sp³-hybridized carbons (Fsp3) is 0.533. The quantitative estimate of drug-likeness (QED) is 0.381. The fourth-order valence-corrected chi connectivity index (χ4v) is 3.26. The summed E-state index contributed by atoms with van der Waals surface area (Å²) in [5, 5.41) is 0. The van der Waals surface area contributed by atoms with E-state index in [2.05, 4.69) is 7.05 Å². The predicted octanol–water partition coefficient (Wildman–Crippen LogP) is -0.914. The smallest absolute Gasteiger partial charge is 0.338 e. The maximum atomic E-state index is 12.1. The topological polar surface area (TPSA) is 26.3 Å². The number of carbonyl (C=O) groups excluding carboxylic acids is 1. The Morgan fingerprint density at radius 3 is 2.42 bits per heavy atom. The zero-order chi connectivity index (χ0) is 12.6. The van der Waals surface area contributed by atoms with Crippen molar-refractivity contribution >= 4 is 5.97 Å². The highest BCUT2D eigenvalue weighted by molar-refractivity contribution is 5.89. The largest absolute Gasteiger partial charge is 1.00 e. The lowest BCUT2D eigenvalue weighted by molar-refractivity contribution is -0.928. The molecule has 0 spiro atoms. The lowest BCUT2D eigenvalue weighted by Gasteiger charge is -2.49. The Morgan fingerprint density at radius 1 is 1.21 bits per heavy atom. The number of benzene rings is 1. The molecule has 104 valence electrons. The second kappa shape index (κ2) is 5.79. The van der Waals surface area contributed by atoms with Crippen molar-refractivity contribution in [3.8, 4) is 0 Å². The maximum absolute atomic E-state index is 12.1. The first kappa shape index (κ1) is 14.8. The number of hydrogen-bond acceptors (Lipinski definition) is 2. The first-order chi connectivity index (χ1) is 8.66. The lowest BCUT2D eigenvalue weighted by atomic mass is 9.84. The summed E-state index contributed by atoms with van der Waals surface area (Å²) in [5.74, 6) is 0.415. The van der Waals surface area contributed by atoms with E-state index in [1.165, 1.54) is 25.9 Å². The van der Waals surface area contributed by atoms with E-state index in [9.17, 15) is 4.79 Å². The van der Waals surface area contributed by atoms with Crippen LogP contribution in [0, 0.1) is 5.92 Å². The van der Waals surface area contributed by atoms with Crippen molar-refractivity contribution in [3.05, 3.63) is 35.9 Å². The molecule has 3 saturated heterocycles. The van der Waals surface area contributed by atoms with Gasteiger partial charge in [0.1, 0.15) is 6.54 Å². The molecule has 1 aromatic rings. The summed E-state index contributed by atoms with van der Waals surface area (Å²) in [6.07, 6.45) is 2.51. The van der Waals surface area contributed by atoms with Crippen molar-refractivity contribution in [1.29, 1.82) is 0 Å². The number of hydrogen-bond donors (Lipinski definition) is 0. The third-order valence-corrected chi connectivity index (χ3v) is 4.49. The van der Waals surface area contributed by atoms with Crippen molar-refractivity contribution in [2.24, 2.45) is 5.92 Å². The van der Waals surface area contributed by atoms with Crippen LogP contribution in [0.1, 0.15) is 23.2 Å². The zero-order valence-corrected chi connectivity index (χ0v) is 13.4. The van der Waals surface area contributed by atoms with Crippen LogP contribution in [0.2, 0.25) is 0 Å². The lowest BCUT2D eigenvalue weighted by Crippen LogP contribution is -3.00. The number of carbonyl (C=O) groups is 1. The number of esters is 1. The van der Waals surface area contributed by atoms with Gasteiger partial charge in [-0.05, 0) is 12.1 Å². The Hall–Kier alpha value is -0.620. The van der Waals surface area contributed by atoms with Crippen molar-refractivity contribution in [2.45, 2.75) is 18.9 Å². The van der Waals surface area contributed by atoms with Gasteiger partial charge in [0.05, 0.1) is 25.7 Å². The van der Waals surface area contributed by atoms with Gasteiger partial charge in [-0.1, -0.05) is 18.2 Å². The molecule has 0 aliphatic carbocycles. The van der Waals surface area contributed by atoms with Crippen LogP contribution in [-0.4, -0.2) is 43.2 Å². The minimum atomic E-state index is -0.166. The minimum Gasteiger partial charge on any atom is -1.00 e. The van der Waals surface area contributed by atoms with Gasteiger partial charge in [0.15, 0.2) is 6.10 Å². The highest BCUT2D eigenvalue weighted by atomic mass is 127. The molecule has 0 N–H and O–H groups in total. The molecule has 0 unspecified atom stereocenters. The summed E-state index contributed by atoms with van der Waals surface area (Å²) in [7, 11) is 2.28. The Morgan fingerprint density at radius 2 is 1.84 bits per heavy atom. The van der Waals surface area contributed by atoms with Crippen molar-refractivity contribution in [1.82, 2.24) is 0 Å². The third-order valence-electron chi connectivity index (χ3n) is 4.49. The van der Waals surface area contributed by atoms with Crippen LogP contribution in [0.3, 0.4) is 0 Å². The van der Waals surface area contributed by atoms with E-state index in [0.29, 0.717) is 11.5 Å². The number of likely N-dealkylation sites (N-methyl/N-ethyl adjacent to an activating group) is 1. The summed E-state index contributed by atoms with van der Waals surface area (Å²) in [4.78, 5) is 12.1. The number of piperidine rings is 3. The SMILES string of the molecule is C[N+]12CCC(CC1)[C@@H](OC(=O)c1ccccc1)C2.[I-]. The van der Waals surface area contributed by atoms with Crippen molar-refractivity contribution in [3.63, 3.8) is 0 Å². The molecule has 0 amide bonds. The molecule has 1 atom stereocenters. The van der Waals surface area contributed by atoms with E-state index in [1.54, 1.807) is 0 Å². The van der Waals surface area contributed by atoms with E-state index in [1.807, 2.05) is 30.3 Å². The van der Waals surface area contributed by atoms with E-state index in [-0.39, 0.29) is 36.0 Å². The third kappa shape index (κ3) is 3.11. The second-order valence-electron chi connectivity index (χ2n) is 5.90. The minimum absolute atomic E-state index is 0. The Bertz CT molecular complexity index is 441. The predicted molar refractivity (Wildman–Crippen MR) is 69.2 cm³/mol.